The molecule has 0 saturated heterocycles. The molecule has 0 N–H and O–H groups in total. The minimum Gasteiger partial charge on any atom is -0.171 e. The molecule has 8 heteroatoms. The lowest BCUT2D eigenvalue weighted by atomic mass is 10.1. The predicted octanol–water partition coefficient (Wildman–Crippen LogP) is 6.70. The maximum atomic E-state index is 12.3. The summed E-state index contributed by atoms with van der Waals surface area (Å²) >= 11 is 0. The van der Waals surface area contributed by atoms with E-state index in [0.29, 0.717) is 0 Å². The fourth-order valence-corrected chi connectivity index (χ4v) is 3.82. The SMILES string of the molecule is FC(F)(F)Cc1ccc(SSc2ccc(CC(F)(F)F)cc2)cc1. The molecule has 2 aromatic rings. The van der Waals surface area contributed by atoms with Crippen molar-refractivity contribution in [2.45, 2.75) is 35.0 Å². The van der Waals surface area contributed by atoms with Crippen LogP contribution in [0.15, 0.2) is 58.3 Å². The second-order valence-corrected chi connectivity index (χ2v) is 7.31. The molecule has 0 unspecified atom stereocenters. The highest BCUT2D eigenvalue weighted by molar-refractivity contribution is 8.76. The summed E-state index contributed by atoms with van der Waals surface area (Å²) in [6.45, 7) is 0. The van der Waals surface area contributed by atoms with E-state index >= 15 is 0 Å². The van der Waals surface area contributed by atoms with Crippen LogP contribution in [0.1, 0.15) is 11.1 Å². The minimum atomic E-state index is -4.23. The van der Waals surface area contributed by atoms with Crippen molar-refractivity contribution in [1.82, 2.24) is 0 Å². The highest BCUT2D eigenvalue weighted by Gasteiger charge is 2.28. The number of benzene rings is 2. The molecule has 0 aliphatic carbocycles. The Labute approximate surface area is 143 Å². The normalized spacial score (nSPS) is 12.4. The van der Waals surface area contributed by atoms with Crippen molar-refractivity contribution in [3.05, 3.63) is 59.7 Å². The van der Waals surface area contributed by atoms with Gasteiger partial charge in [-0.15, -0.1) is 0 Å². The molecule has 2 aromatic carbocycles. The molecule has 0 nitrogen and oxygen atoms in total. The first-order chi connectivity index (χ1) is 11.1. The van der Waals surface area contributed by atoms with E-state index in [9.17, 15) is 26.3 Å². The summed E-state index contributed by atoms with van der Waals surface area (Å²) in [6, 6.07) is 12.1. The van der Waals surface area contributed by atoms with Gasteiger partial charge in [-0.2, -0.15) is 26.3 Å². The maximum absolute atomic E-state index is 12.3. The Kier molecular flexibility index (Phi) is 6.14. The summed E-state index contributed by atoms with van der Waals surface area (Å²) in [6.07, 6.45) is -10.4. The summed E-state index contributed by atoms with van der Waals surface area (Å²) in [5.74, 6) is 0. The van der Waals surface area contributed by atoms with Crippen molar-refractivity contribution in [3.63, 3.8) is 0 Å². The average molecular weight is 382 g/mol. The number of hydrogen-bond donors (Lipinski definition) is 0. The van der Waals surface area contributed by atoms with Gasteiger partial charge in [0.2, 0.25) is 0 Å². The summed E-state index contributed by atoms with van der Waals surface area (Å²) in [5.41, 5.74) is 0.377. The fourth-order valence-electron chi connectivity index (χ4n) is 1.88. The van der Waals surface area contributed by atoms with E-state index in [1.165, 1.54) is 45.9 Å². The molecular formula is C16H12F6S2. The average Bonchev–Trinajstić information content (AvgIpc) is 2.45. The monoisotopic (exact) mass is 382 g/mol. The lowest BCUT2D eigenvalue weighted by Crippen LogP contribution is -2.11. The summed E-state index contributed by atoms with van der Waals surface area (Å²) < 4.78 is 73.6. The van der Waals surface area contributed by atoms with Crippen molar-refractivity contribution in [1.29, 1.82) is 0 Å². The van der Waals surface area contributed by atoms with Crippen LogP contribution < -0.4 is 0 Å². The zero-order valence-corrected chi connectivity index (χ0v) is 13.8. The van der Waals surface area contributed by atoms with Crippen LogP contribution in [0.5, 0.6) is 0 Å². The molecule has 0 heterocycles. The molecule has 24 heavy (non-hydrogen) atoms. The Balaban J connectivity index is 1.89. The molecular weight excluding hydrogens is 370 g/mol. The highest BCUT2D eigenvalue weighted by Crippen LogP contribution is 2.38. The molecule has 130 valence electrons. The van der Waals surface area contributed by atoms with E-state index in [2.05, 4.69) is 0 Å². The van der Waals surface area contributed by atoms with E-state index < -0.39 is 25.2 Å². The van der Waals surface area contributed by atoms with Crippen LogP contribution in [0.4, 0.5) is 26.3 Å². The quantitative estimate of drug-likeness (QED) is 0.417. The van der Waals surface area contributed by atoms with Gasteiger partial charge in [-0.25, -0.2) is 0 Å². The molecule has 0 spiro atoms. The highest BCUT2D eigenvalue weighted by atomic mass is 33.1. The zero-order chi connectivity index (χ0) is 17.8. The van der Waals surface area contributed by atoms with E-state index in [1.807, 2.05) is 0 Å². The van der Waals surface area contributed by atoms with Gasteiger partial charge in [-0.1, -0.05) is 45.9 Å². The molecule has 0 fully saturated rings. The van der Waals surface area contributed by atoms with Crippen molar-refractivity contribution in [2.24, 2.45) is 0 Å². The van der Waals surface area contributed by atoms with Crippen LogP contribution in [0.25, 0.3) is 0 Å². The molecule has 0 atom stereocenters. The van der Waals surface area contributed by atoms with Crippen molar-refractivity contribution < 1.29 is 26.3 Å². The molecule has 2 rings (SSSR count). The molecule has 0 bridgehead atoms. The van der Waals surface area contributed by atoms with Crippen LogP contribution in [0.3, 0.4) is 0 Å². The summed E-state index contributed by atoms with van der Waals surface area (Å²) in [5, 5.41) is 0. The number of halogens is 6. The maximum Gasteiger partial charge on any atom is 0.393 e. The van der Waals surface area contributed by atoms with Crippen LogP contribution >= 0.6 is 21.6 Å². The number of hydrogen-bond acceptors (Lipinski definition) is 2. The van der Waals surface area contributed by atoms with E-state index in [1.54, 1.807) is 24.3 Å². The topological polar surface area (TPSA) is 0 Å². The van der Waals surface area contributed by atoms with Crippen molar-refractivity contribution in [2.75, 3.05) is 0 Å². The lowest BCUT2D eigenvalue weighted by molar-refractivity contribution is -0.128. The Morgan fingerprint density at radius 1 is 0.542 bits per heavy atom. The van der Waals surface area contributed by atoms with Gasteiger partial charge in [-0.05, 0) is 35.4 Å². The van der Waals surface area contributed by atoms with Gasteiger partial charge >= 0.3 is 12.4 Å². The summed E-state index contributed by atoms with van der Waals surface area (Å²) in [4.78, 5) is 1.54. The number of rotatable bonds is 5. The van der Waals surface area contributed by atoms with E-state index in [0.717, 1.165) is 9.79 Å². The first-order valence-corrected chi connectivity index (χ1v) is 8.92. The van der Waals surface area contributed by atoms with Crippen LogP contribution in [-0.2, 0) is 12.8 Å². The third-order valence-corrected chi connectivity index (χ3v) is 5.31. The van der Waals surface area contributed by atoms with Gasteiger partial charge in [-0.3, -0.25) is 0 Å². The fraction of sp³-hybridized carbons (Fsp3) is 0.250. The second kappa shape index (κ2) is 7.74. The van der Waals surface area contributed by atoms with Crippen molar-refractivity contribution >= 4 is 21.6 Å². The summed E-state index contributed by atoms with van der Waals surface area (Å²) in [7, 11) is 2.66. The smallest absolute Gasteiger partial charge is 0.171 e. The van der Waals surface area contributed by atoms with E-state index in [-0.39, 0.29) is 11.1 Å². The van der Waals surface area contributed by atoms with Crippen LogP contribution in [-0.4, -0.2) is 12.4 Å². The molecule has 0 amide bonds. The van der Waals surface area contributed by atoms with Gasteiger partial charge in [0.05, 0.1) is 12.8 Å². The predicted molar refractivity (Wildman–Crippen MR) is 84.1 cm³/mol. The first-order valence-electron chi connectivity index (χ1n) is 6.77. The Morgan fingerprint density at radius 2 is 0.833 bits per heavy atom. The third kappa shape index (κ3) is 7.09. The Hall–Kier alpha value is -1.28. The van der Waals surface area contributed by atoms with Gasteiger partial charge in [0, 0.05) is 9.79 Å². The second-order valence-electron chi connectivity index (χ2n) is 5.04. The zero-order valence-electron chi connectivity index (χ0n) is 12.1. The molecule has 0 radical (unpaired) electrons. The van der Waals surface area contributed by atoms with Crippen LogP contribution in [0, 0.1) is 0 Å². The molecule has 0 aliphatic heterocycles. The largest absolute Gasteiger partial charge is 0.393 e. The van der Waals surface area contributed by atoms with Gasteiger partial charge in [0.1, 0.15) is 0 Å². The van der Waals surface area contributed by atoms with E-state index in [4.69, 9.17) is 0 Å². The number of alkyl halides is 6. The lowest BCUT2D eigenvalue weighted by Gasteiger charge is -2.08. The Morgan fingerprint density at radius 3 is 1.08 bits per heavy atom. The Bertz CT molecular complexity index is 585. The first kappa shape index (κ1) is 19.1. The van der Waals surface area contributed by atoms with Gasteiger partial charge in [0.25, 0.3) is 0 Å². The third-order valence-electron chi connectivity index (χ3n) is 2.89. The van der Waals surface area contributed by atoms with Crippen LogP contribution in [0.2, 0.25) is 0 Å². The minimum absolute atomic E-state index is 0.188. The molecule has 0 aliphatic rings. The van der Waals surface area contributed by atoms with Crippen molar-refractivity contribution in [3.8, 4) is 0 Å². The molecule has 0 saturated carbocycles. The standard InChI is InChI=1S/C16H12F6S2/c17-15(18,19)9-11-1-5-13(6-2-11)23-24-14-7-3-12(4-8-14)10-16(20,21)22/h1-8H,9-10H2. The van der Waals surface area contributed by atoms with Gasteiger partial charge in [0.15, 0.2) is 0 Å². The molecule has 0 aromatic heterocycles. The van der Waals surface area contributed by atoms with Gasteiger partial charge < -0.3 is 0 Å².